The molecular weight excluding hydrogens is 485 g/mol. The van der Waals surface area contributed by atoms with Crippen molar-refractivity contribution in [2.24, 2.45) is 4.99 Å². The minimum Gasteiger partial charge on any atom is -0.497 e. The van der Waals surface area contributed by atoms with Crippen molar-refractivity contribution in [1.29, 1.82) is 0 Å². The van der Waals surface area contributed by atoms with Crippen LogP contribution in [0.25, 0.3) is 0 Å². The molecule has 8 heteroatoms. The van der Waals surface area contributed by atoms with E-state index in [9.17, 15) is 0 Å². The Morgan fingerprint density at radius 3 is 2.17 bits per heavy atom. The van der Waals surface area contributed by atoms with Gasteiger partial charge in [0.15, 0.2) is 17.5 Å². The quantitative estimate of drug-likeness (QED) is 0.302. The monoisotopic (exact) mass is 515 g/mol. The summed E-state index contributed by atoms with van der Waals surface area (Å²) in [4.78, 5) is 4.65. The first-order chi connectivity index (χ1) is 13.6. The zero-order chi connectivity index (χ0) is 20.4. The normalized spacial score (nSPS) is 10.6. The van der Waals surface area contributed by atoms with Crippen LogP contribution in [0.1, 0.15) is 18.1 Å². The maximum Gasteiger partial charge on any atom is 0.191 e. The van der Waals surface area contributed by atoms with E-state index in [2.05, 4.69) is 15.6 Å². The smallest absolute Gasteiger partial charge is 0.191 e. The molecule has 0 aliphatic carbocycles. The van der Waals surface area contributed by atoms with Crippen molar-refractivity contribution in [3.8, 4) is 23.0 Å². The number of aliphatic imine (C=N–C) groups is 1. The molecule has 0 saturated carbocycles. The summed E-state index contributed by atoms with van der Waals surface area (Å²) in [7, 11) is 6.53. The Hall–Kier alpha value is -2.36. The second kappa shape index (κ2) is 13.0. The van der Waals surface area contributed by atoms with Gasteiger partial charge in [-0.3, -0.25) is 0 Å². The lowest BCUT2D eigenvalue weighted by atomic mass is 10.2. The van der Waals surface area contributed by atoms with Crippen molar-refractivity contribution < 1.29 is 18.9 Å². The van der Waals surface area contributed by atoms with E-state index in [4.69, 9.17) is 18.9 Å². The van der Waals surface area contributed by atoms with Gasteiger partial charge in [0, 0.05) is 24.7 Å². The van der Waals surface area contributed by atoms with Crippen LogP contribution in [0, 0.1) is 0 Å². The number of nitrogens with zero attached hydrogens (tertiary/aromatic N) is 1. The van der Waals surface area contributed by atoms with Crippen LogP contribution in [0.4, 0.5) is 0 Å². The third-order valence-electron chi connectivity index (χ3n) is 4.15. The number of guanidine groups is 1. The number of hydrogen-bond acceptors (Lipinski definition) is 5. The first-order valence-corrected chi connectivity index (χ1v) is 9.09. The van der Waals surface area contributed by atoms with Gasteiger partial charge in [-0.05, 0) is 36.8 Å². The summed E-state index contributed by atoms with van der Waals surface area (Å²) in [6, 6.07) is 11.5. The van der Waals surface area contributed by atoms with Crippen molar-refractivity contribution >= 4 is 29.9 Å². The number of ether oxygens (including phenoxy) is 4. The van der Waals surface area contributed by atoms with Gasteiger partial charge >= 0.3 is 0 Å². The summed E-state index contributed by atoms with van der Waals surface area (Å²) < 4.78 is 21.3. The lowest BCUT2D eigenvalue weighted by Crippen LogP contribution is -2.36. The minimum absolute atomic E-state index is 0. The third kappa shape index (κ3) is 7.19. The van der Waals surface area contributed by atoms with Gasteiger partial charge in [0.05, 0.1) is 35.0 Å². The fraction of sp³-hybridized carbons (Fsp3) is 0.381. The van der Waals surface area contributed by atoms with Crippen LogP contribution in [0.3, 0.4) is 0 Å². The van der Waals surface area contributed by atoms with Gasteiger partial charge in [0.1, 0.15) is 11.5 Å². The molecular formula is C21H30IN3O4. The molecule has 0 aliphatic heterocycles. The fourth-order valence-corrected chi connectivity index (χ4v) is 2.67. The van der Waals surface area contributed by atoms with E-state index >= 15 is 0 Å². The van der Waals surface area contributed by atoms with Gasteiger partial charge in [-0.2, -0.15) is 0 Å². The molecule has 2 aromatic rings. The SMILES string of the molecule is CCNC(=NCc1ccc(OC)c(OC)c1)NCc1ccc(OC)cc1OC.I. The predicted octanol–water partition coefficient (Wildman–Crippen LogP) is 3.59. The largest absolute Gasteiger partial charge is 0.497 e. The van der Waals surface area contributed by atoms with Gasteiger partial charge in [0.25, 0.3) is 0 Å². The summed E-state index contributed by atoms with van der Waals surface area (Å²) in [5.41, 5.74) is 2.04. The molecule has 0 aromatic heterocycles. The summed E-state index contributed by atoms with van der Waals surface area (Å²) in [6.45, 7) is 3.87. The van der Waals surface area contributed by atoms with Gasteiger partial charge in [-0.25, -0.2) is 4.99 Å². The topological polar surface area (TPSA) is 73.3 Å². The highest BCUT2D eigenvalue weighted by atomic mass is 127. The van der Waals surface area contributed by atoms with Crippen molar-refractivity contribution in [1.82, 2.24) is 10.6 Å². The summed E-state index contributed by atoms with van der Waals surface area (Å²) in [5.74, 6) is 3.63. The predicted molar refractivity (Wildman–Crippen MR) is 126 cm³/mol. The van der Waals surface area contributed by atoms with E-state index in [0.717, 1.165) is 35.1 Å². The maximum atomic E-state index is 5.45. The van der Waals surface area contributed by atoms with Gasteiger partial charge < -0.3 is 29.6 Å². The molecule has 0 atom stereocenters. The van der Waals surface area contributed by atoms with Crippen molar-refractivity contribution in [2.45, 2.75) is 20.0 Å². The van der Waals surface area contributed by atoms with Gasteiger partial charge in [-0.1, -0.05) is 6.07 Å². The van der Waals surface area contributed by atoms with Crippen molar-refractivity contribution in [3.63, 3.8) is 0 Å². The van der Waals surface area contributed by atoms with E-state index in [-0.39, 0.29) is 24.0 Å². The molecule has 0 radical (unpaired) electrons. The molecule has 7 nitrogen and oxygen atoms in total. The molecule has 0 bridgehead atoms. The summed E-state index contributed by atoms with van der Waals surface area (Å²) in [5, 5.41) is 6.58. The van der Waals surface area contributed by atoms with E-state index < -0.39 is 0 Å². The molecule has 29 heavy (non-hydrogen) atoms. The Labute approximate surface area is 189 Å². The first-order valence-electron chi connectivity index (χ1n) is 9.09. The molecule has 0 heterocycles. The van der Waals surface area contributed by atoms with E-state index in [1.54, 1.807) is 28.4 Å². The van der Waals surface area contributed by atoms with E-state index in [1.165, 1.54) is 0 Å². The van der Waals surface area contributed by atoms with Gasteiger partial charge in [-0.15, -0.1) is 24.0 Å². The Kier molecular flexibility index (Phi) is 11.0. The van der Waals surface area contributed by atoms with Crippen molar-refractivity contribution in [2.75, 3.05) is 35.0 Å². The molecule has 0 spiro atoms. The molecule has 0 amide bonds. The second-order valence-electron chi connectivity index (χ2n) is 5.92. The number of rotatable bonds is 9. The van der Waals surface area contributed by atoms with Crippen LogP contribution in [0.15, 0.2) is 41.4 Å². The van der Waals surface area contributed by atoms with Crippen LogP contribution in [-0.4, -0.2) is 40.9 Å². The number of benzene rings is 2. The van der Waals surface area contributed by atoms with E-state index in [0.29, 0.717) is 24.6 Å². The van der Waals surface area contributed by atoms with Crippen LogP contribution < -0.4 is 29.6 Å². The Bertz CT molecular complexity index is 799. The highest BCUT2D eigenvalue weighted by Crippen LogP contribution is 2.28. The van der Waals surface area contributed by atoms with Crippen molar-refractivity contribution in [3.05, 3.63) is 47.5 Å². The minimum atomic E-state index is 0. The second-order valence-corrected chi connectivity index (χ2v) is 5.92. The number of methoxy groups -OCH3 is 4. The zero-order valence-electron chi connectivity index (χ0n) is 17.6. The number of nitrogens with one attached hydrogen (secondary N) is 2. The molecule has 0 unspecified atom stereocenters. The summed E-state index contributed by atoms with van der Waals surface area (Å²) >= 11 is 0. The average Bonchev–Trinajstić information content (AvgIpc) is 2.75. The van der Waals surface area contributed by atoms with Crippen LogP contribution in [-0.2, 0) is 13.1 Å². The molecule has 160 valence electrons. The highest BCUT2D eigenvalue weighted by Gasteiger charge is 2.07. The molecule has 2 N–H and O–H groups in total. The molecule has 0 fully saturated rings. The molecule has 0 aliphatic rings. The van der Waals surface area contributed by atoms with Crippen LogP contribution >= 0.6 is 24.0 Å². The standard InChI is InChI=1S/C21H29N3O4.HI/c1-6-22-21(23-13-15-7-10-18(26-3)20(11-15)28-5)24-14-16-8-9-17(25-2)12-19(16)27-4;/h7-12H,6,13-14H2,1-5H3,(H2,22,23,24);1H. The first kappa shape index (κ1) is 24.7. The molecule has 2 aromatic carbocycles. The molecule has 0 saturated heterocycles. The summed E-state index contributed by atoms with van der Waals surface area (Å²) in [6.07, 6.45) is 0. The Morgan fingerprint density at radius 2 is 1.55 bits per heavy atom. The maximum absolute atomic E-state index is 5.45. The van der Waals surface area contributed by atoms with Crippen LogP contribution in [0.5, 0.6) is 23.0 Å². The highest BCUT2D eigenvalue weighted by molar-refractivity contribution is 14.0. The molecule has 2 rings (SSSR count). The van der Waals surface area contributed by atoms with Gasteiger partial charge in [0.2, 0.25) is 0 Å². The number of hydrogen-bond donors (Lipinski definition) is 2. The zero-order valence-corrected chi connectivity index (χ0v) is 19.9. The fourth-order valence-electron chi connectivity index (χ4n) is 2.67. The Morgan fingerprint density at radius 1 is 0.828 bits per heavy atom. The lowest BCUT2D eigenvalue weighted by molar-refractivity contribution is 0.354. The van der Waals surface area contributed by atoms with E-state index in [1.807, 2.05) is 43.3 Å². The average molecular weight is 515 g/mol. The van der Waals surface area contributed by atoms with Crippen LogP contribution in [0.2, 0.25) is 0 Å². The Balaban J connectivity index is 0.00000420. The lowest BCUT2D eigenvalue weighted by Gasteiger charge is -2.14. The third-order valence-corrected chi connectivity index (χ3v) is 4.15. The number of halogens is 1.